The van der Waals surface area contributed by atoms with E-state index in [1.807, 2.05) is 21.5 Å². The third-order valence-corrected chi connectivity index (χ3v) is 6.35. The van der Waals surface area contributed by atoms with Crippen LogP contribution < -0.4 is 10.2 Å². The van der Waals surface area contributed by atoms with Crippen molar-refractivity contribution >= 4 is 28.2 Å². The quantitative estimate of drug-likeness (QED) is 0.842. The molecule has 3 aliphatic heterocycles. The van der Waals surface area contributed by atoms with Gasteiger partial charge >= 0.3 is 0 Å². The zero-order chi connectivity index (χ0) is 17.2. The molecule has 0 aliphatic carbocycles. The maximum atomic E-state index is 12.8. The van der Waals surface area contributed by atoms with Gasteiger partial charge in [0.05, 0.1) is 23.7 Å². The van der Waals surface area contributed by atoms with E-state index in [-0.39, 0.29) is 23.8 Å². The number of anilines is 1. The zero-order valence-corrected chi connectivity index (χ0v) is 15.2. The second kappa shape index (κ2) is 7.29. The number of likely N-dealkylation sites (tertiary alicyclic amines) is 1. The Balaban J connectivity index is 1.28. The van der Waals surface area contributed by atoms with Crippen LogP contribution in [-0.2, 0) is 9.59 Å². The SMILES string of the molecule is O=C([C@@H]1CN[C@H](C(=O)N2CCCC2)C1)N1CCN(c2cncs2)CC1. The van der Waals surface area contributed by atoms with E-state index in [1.54, 1.807) is 11.3 Å². The summed E-state index contributed by atoms with van der Waals surface area (Å²) in [5, 5.41) is 4.45. The van der Waals surface area contributed by atoms with Gasteiger partial charge in [-0.15, -0.1) is 11.3 Å². The fraction of sp³-hybridized carbons (Fsp3) is 0.706. The van der Waals surface area contributed by atoms with Crippen molar-refractivity contribution in [2.24, 2.45) is 5.92 Å². The van der Waals surface area contributed by atoms with Crippen LogP contribution in [0.25, 0.3) is 0 Å². The monoisotopic (exact) mass is 363 g/mol. The molecule has 3 saturated heterocycles. The molecule has 0 radical (unpaired) electrons. The molecule has 0 bridgehead atoms. The minimum Gasteiger partial charge on any atom is -0.359 e. The lowest BCUT2D eigenvalue weighted by Gasteiger charge is -2.36. The largest absolute Gasteiger partial charge is 0.359 e. The first-order valence-electron chi connectivity index (χ1n) is 9.17. The van der Waals surface area contributed by atoms with Crippen molar-refractivity contribution < 1.29 is 9.59 Å². The first-order valence-corrected chi connectivity index (χ1v) is 10.0. The van der Waals surface area contributed by atoms with Crippen molar-refractivity contribution in [2.75, 3.05) is 50.7 Å². The molecule has 8 heteroatoms. The summed E-state index contributed by atoms with van der Waals surface area (Å²) in [6, 6.07) is -0.175. The predicted molar refractivity (Wildman–Crippen MR) is 96.6 cm³/mol. The Labute approximate surface area is 152 Å². The highest BCUT2D eigenvalue weighted by Gasteiger charge is 2.38. The number of aromatic nitrogens is 1. The van der Waals surface area contributed by atoms with Gasteiger partial charge in [0.25, 0.3) is 0 Å². The van der Waals surface area contributed by atoms with E-state index in [0.717, 1.165) is 52.1 Å². The summed E-state index contributed by atoms with van der Waals surface area (Å²) < 4.78 is 0. The highest BCUT2D eigenvalue weighted by Crippen LogP contribution is 2.23. The van der Waals surface area contributed by atoms with Crippen molar-refractivity contribution in [3.05, 3.63) is 11.7 Å². The number of amides is 2. The van der Waals surface area contributed by atoms with Crippen molar-refractivity contribution in [3.8, 4) is 0 Å². The number of thiazole rings is 1. The van der Waals surface area contributed by atoms with Gasteiger partial charge in [0.15, 0.2) is 0 Å². The second-order valence-corrected chi connectivity index (χ2v) is 7.94. The van der Waals surface area contributed by atoms with E-state index in [4.69, 9.17) is 0 Å². The van der Waals surface area contributed by atoms with Crippen LogP contribution in [0, 0.1) is 5.92 Å². The lowest BCUT2D eigenvalue weighted by atomic mass is 10.0. The average molecular weight is 363 g/mol. The van der Waals surface area contributed by atoms with Crippen LogP contribution in [0.4, 0.5) is 5.00 Å². The summed E-state index contributed by atoms with van der Waals surface area (Å²) in [6.07, 6.45) is 4.73. The van der Waals surface area contributed by atoms with Gasteiger partial charge < -0.3 is 20.0 Å². The van der Waals surface area contributed by atoms with Crippen LogP contribution >= 0.6 is 11.3 Å². The predicted octanol–water partition coefficient (Wildman–Crippen LogP) is 0.392. The minimum absolute atomic E-state index is 0.0634. The summed E-state index contributed by atoms with van der Waals surface area (Å²) in [4.78, 5) is 35.6. The van der Waals surface area contributed by atoms with E-state index in [2.05, 4.69) is 15.2 Å². The standard InChI is InChI=1S/C17H25N5O2S/c23-16(22-7-5-20(6-8-22)15-11-18-12-25-15)13-9-14(19-10-13)17(24)21-3-1-2-4-21/h11-14,19H,1-10H2/t13-,14-/m0/s1. The molecule has 0 unspecified atom stereocenters. The van der Waals surface area contributed by atoms with Gasteiger partial charge in [0.1, 0.15) is 5.00 Å². The number of rotatable bonds is 3. The van der Waals surface area contributed by atoms with Crippen LogP contribution in [-0.4, -0.2) is 78.5 Å². The van der Waals surface area contributed by atoms with Gasteiger partial charge in [0, 0.05) is 45.8 Å². The molecule has 3 aliphatic rings. The van der Waals surface area contributed by atoms with E-state index in [0.29, 0.717) is 13.0 Å². The molecule has 2 atom stereocenters. The summed E-state index contributed by atoms with van der Waals surface area (Å²) >= 11 is 1.64. The lowest BCUT2D eigenvalue weighted by molar-refractivity contribution is -0.135. The average Bonchev–Trinajstić information content (AvgIpc) is 3.43. The summed E-state index contributed by atoms with van der Waals surface area (Å²) in [5.74, 6) is 0.322. The molecule has 0 spiro atoms. The van der Waals surface area contributed by atoms with E-state index in [9.17, 15) is 9.59 Å². The van der Waals surface area contributed by atoms with Crippen LogP contribution in [0.5, 0.6) is 0 Å². The molecular formula is C17H25N5O2S. The molecule has 2 amide bonds. The van der Waals surface area contributed by atoms with Crippen LogP contribution in [0.3, 0.4) is 0 Å². The number of carbonyl (C=O) groups is 2. The molecule has 4 heterocycles. The molecule has 1 N–H and O–H groups in total. The van der Waals surface area contributed by atoms with Gasteiger partial charge in [0.2, 0.25) is 11.8 Å². The van der Waals surface area contributed by atoms with Crippen molar-refractivity contribution in [1.82, 2.24) is 20.1 Å². The smallest absolute Gasteiger partial charge is 0.239 e. The molecule has 0 saturated carbocycles. The Morgan fingerprint density at radius 1 is 1.04 bits per heavy atom. The Morgan fingerprint density at radius 3 is 2.44 bits per heavy atom. The number of nitrogens with one attached hydrogen (secondary N) is 1. The first-order chi connectivity index (χ1) is 12.2. The highest BCUT2D eigenvalue weighted by atomic mass is 32.1. The molecule has 3 fully saturated rings. The summed E-state index contributed by atoms with van der Waals surface area (Å²) in [6.45, 7) is 5.56. The van der Waals surface area contributed by atoms with Crippen molar-refractivity contribution in [2.45, 2.75) is 25.3 Å². The number of hydrogen-bond donors (Lipinski definition) is 1. The Kier molecular flexibility index (Phi) is 4.89. The van der Waals surface area contributed by atoms with Crippen molar-refractivity contribution in [1.29, 1.82) is 0 Å². The molecule has 25 heavy (non-hydrogen) atoms. The molecule has 4 rings (SSSR count). The van der Waals surface area contributed by atoms with Gasteiger partial charge in [-0.1, -0.05) is 0 Å². The van der Waals surface area contributed by atoms with Crippen molar-refractivity contribution in [3.63, 3.8) is 0 Å². The molecule has 136 valence electrons. The maximum Gasteiger partial charge on any atom is 0.239 e. The van der Waals surface area contributed by atoms with E-state index >= 15 is 0 Å². The third-order valence-electron chi connectivity index (χ3n) is 5.52. The number of carbonyl (C=O) groups excluding carboxylic acids is 2. The molecular weight excluding hydrogens is 338 g/mol. The normalized spacial score (nSPS) is 27.1. The van der Waals surface area contributed by atoms with Gasteiger partial charge in [-0.25, -0.2) is 0 Å². The second-order valence-electron chi connectivity index (χ2n) is 7.08. The molecule has 1 aromatic rings. The molecule has 0 aromatic carbocycles. The Morgan fingerprint density at radius 2 is 1.76 bits per heavy atom. The number of nitrogens with zero attached hydrogens (tertiary/aromatic N) is 4. The fourth-order valence-electron chi connectivity index (χ4n) is 4.04. The number of piperazine rings is 1. The topological polar surface area (TPSA) is 68.8 Å². The zero-order valence-electron chi connectivity index (χ0n) is 14.4. The van der Waals surface area contributed by atoms with Gasteiger partial charge in [-0.2, -0.15) is 0 Å². The van der Waals surface area contributed by atoms with Crippen LogP contribution in [0.2, 0.25) is 0 Å². The number of hydrogen-bond acceptors (Lipinski definition) is 6. The van der Waals surface area contributed by atoms with E-state index < -0.39 is 0 Å². The van der Waals surface area contributed by atoms with E-state index in [1.165, 1.54) is 5.00 Å². The van der Waals surface area contributed by atoms with Crippen LogP contribution in [0.1, 0.15) is 19.3 Å². The van der Waals surface area contributed by atoms with Crippen LogP contribution in [0.15, 0.2) is 11.7 Å². The summed E-state index contributed by atoms with van der Waals surface area (Å²) in [7, 11) is 0. The molecule has 7 nitrogen and oxygen atoms in total. The highest BCUT2D eigenvalue weighted by molar-refractivity contribution is 7.13. The summed E-state index contributed by atoms with van der Waals surface area (Å²) in [5.41, 5.74) is 1.84. The fourth-order valence-corrected chi connectivity index (χ4v) is 4.72. The Bertz CT molecular complexity index is 609. The molecule has 1 aromatic heterocycles. The van der Waals surface area contributed by atoms with Gasteiger partial charge in [-0.3, -0.25) is 14.6 Å². The lowest BCUT2D eigenvalue weighted by Crippen LogP contribution is -2.50. The Hall–Kier alpha value is -1.67. The minimum atomic E-state index is -0.175. The third kappa shape index (κ3) is 3.50. The maximum absolute atomic E-state index is 12.8. The first kappa shape index (κ1) is 16.8. The van der Waals surface area contributed by atoms with Gasteiger partial charge in [-0.05, 0) is 19.3 Å².